The summed E-state index contributed by atoms with van der Waals surface area (Å²) in [7, 11) is 0. The standard InChI is InChI=1S/C12H14O2/c1-2-11(12(13)14)9-8-10-6-4-3-5-7-10/h2-7H,8-9H2,1H3,(H,13,14)/p-1/b11-2+. The van der Waals surface area contributed by atoms with Crippen LogP contribution in [0.4, 0.5) is 0 Å². The Bertz CT molecular complexity index is 325. The van der Waals surface area contributed by atoms with Crippen molar-refractivity contribution in [2.75, 3.05) is 0 Å². The van der Waals surface area contributed by atoms with E-state index in [-0.39, 0.29) is 0 Å². The van der Waals surface area contributed by atoms with Gasteiger partial charge in [-0.25, -0.2) is 0 Å². The molecule has 74 valence electrons. The number of hydrogen-bond donors (Lipinski definition) is 0. The maximum atomic E-state index is 10.6. The third-order valence-corrected chi connectivity index (χ3v) is 2.14. The number of carbonyl (C=O) groups excluding carboxylic acids is 1. The molecule has 1 aromatic carbocycles. The lowest BCUT2D eigenvalue weighted by Crippen LogP contribution is -2.24. The monoisotopic (exact) mass is 189 g/mol. The van der Waals surface area contributed by atoms with Crippen LogP contribution in [0, 0.1) is 0 Å². The molecule has 1 aromatic rings. The van der Waals surface area contributed by atoms with Crippen molar-refractivity contribution in [2.24, 2.45) is 0 Å². The van der Waals surface area contributed by atoms with E-state index >= 15 is 0 Å². The Labute approximate surface area is 83.9 Å². The van der Waals surface area contributed by atoms with Crippen molar-refractivity contribution >= 4 is 5.97 Å². The molecule has 0 amide bonds. The number of allylic oxidation sites excluding steroid dienone is 1. The summed E-state index contributed by atoms with van der Waals surface area (Å²) in [6.07, 6.45) is 2.87. The maximum absolute atomic E-state index is 10.6. The van der Waals surface area contributed by atoms with E-state index < -0.39 is 5.97 Å². The number of carbonyl (C=O) groups is 1. The fraction of sp³-hybridized carbons (Fsp3) is 0.250. The smallest absolute Gasteiger partial charge is 0.0671 e. The van der Waals surface area contributed by atoms with E-state index in [0.717, 1.165) is 12.0 Å². The molecule has 2 heteroatoms. The van der Waals surface area contributed by atoms with Gasteiger partial charge >= 0.3 is 0 Å². The first-order valence-electron chi connectivity index (χ1n) is 4.64. The SMILES string of the molecule is C/C=C(\CCc1ccccc1)C(=O)[O-]. The third-order valence-electron chi connectivity index (χ3n) is 2.14. The molecule has 0 bridgehead atoms. The quantitative estimate of drug-likeness (QED) is 0.670. The first kappa shape index (κ1) is 10.5. The van der Waals surface area contributed by atoms with Crippen molar-refractivity contribution in [1.82, 2.24) is 0 Å². The van der Waals surface area contributed by atoms with Gasteiger partial charge in [0.25, 0.3) is 0 Å². The van der Waals surface area contributed by atoms with Crippen LogP contribution in [-0.2, 0) is 11.2 Å². The molecule has 0 N–H and O–H groups in total. The molecular formula is C12H13O2-. The van der Waals surface area contributed by atoms with Crippen LogP contribution < -0.4 is 5.11 Å². The molecule has 0 aliphatic rings. The molecule has 0 aliphatic carbocycles. The Balaban J connectivity index is 2.53. The van der Waals surface area contributed by atoms with Crippen LogP contribution in [0.25, 0.3) is 0 Å². The number of aryl methyl sites for hydroxylation is 1. The zero-order chi connectivity index (χ0) is 10.4. The second kappa shape index (κ2) is 5.22. The fourth-order valence-corrected chi connectivity index (χ4v) is 1.29. The highest BCUT2D eigenvalue weighted by atomic mass is 16.4. The molecule has 0 saturated heterocycles. The van der Waals surface area contributed by atoms with E-state index in [0.29, 0.717) is 12.0 Å². The van der Waals surface area contributed by atoms with E-state index in [1.807, 2.05) is 30.3 Å². The lowest BCUT2D eigenvalue weighted by molar-refractivity contribution is -0.299. The van der Waals surface area contributed by atoms with E-state index in [1.165, 1.54) is 0 Å². The van der Waals surface area contributed by atoms with Gasteiger partial charge in [0.1, 0.15) is 0 Å². The van der Waals surface area contributed by atoms with Crippen LogP contribution in [0.2, 0.25) is 0 Å². The highest BCUT2D eigenvalue weighted by Gasteiger charge is 1.98. The molecule has 0 aliphatic heterocycles. The van der Waals surface area contributed by atoms with Gasteiger partial charge in [0.05, 0.1) is 5.97 Å². The minimum absolute atomic E-state index is 0.369. The molecule has 1 rings (SSSR count). The Hall–Kier alpha value is -1.57. The fourth-order valence-electron chi connectivity index (χ4n) is 1.29. The van der Waals surface area contributed by atoms with Crippen LogP contribution >= 0.6 is 0 Å². The van der Waals surface area contributed by atoms with E-state index in [9.17, 15) is 9.90 Å². The molecule has 0 radical (unpaired) electrons. The van der Waals surface area contributed by atoms with Gasteiger partial charge < -0.3 is 9.90 Å². The Morgan fingerprint density at radius 3 is 2.50 bits per heavy atom. The zero-order valence-corrected chi connectivity index (χ0v) is 8.19. The lowest BCUT2D eigenvalue weighted by Gasteiger charge is -2.07. The molecule has 0 aromatic heterocycles. The van der Waals surface area contributed by atoms with Crippen molar-refractivity contribution in [3.8, 4) is 0 Å². The summed E-state index contributed by atoms with van der Waals surface area (Å²) >= 11 is 0. The maximum Gasteiger partial charge on any atom is 0.0671 e. The van der Waals surface area contributed by atoms with Gasteiger partial charge in [0.2, 0.25) is 0 Å². The van der Waals surface area contributed by atoms with Crippen LogP contribution in [0.5, 0.6) is 0 Å². The predicted molar refractivity (Wildman–Crippen MR) is 53.5 cm³/mol. The average Bonchev–Trinajstić information content (AvgIpc) is 2.20. The van der Waals surface area contributed by atoms with E-state index in [1.54, 1.807) is 13.0 Å². The average molecular weight is 189 g/mol. The van der Waals surface area contributed by atoms with Gasteiger partial charge in [-0.15, -0.1) is 0 Å². The van der Waals surface area contributed by atoms with Crippen molar-refractivity contribution in [2.45, 2.75) is 19.8 Å². The Morgan fingerprint density at radius 1 is 1.36 bits per heavy atom. The topological polar surface area (TPSA) is 40.1 Å². The number of hydrogen-bond acceptors (Lipinski definition) is 2. The summed E-state index contributed by atoms with van der Waals surface area (Å²) < 4.78 is 0. The summed E-state index contributed by atoms with van der Waals surface area (Å²) in [5.41, 5.74) is 1.52. The van der Waals surface area contributed by atoms with Crippen molar-refractivity contribution in [1.29, 1.82) is 0 Å². The number of rotatable bonds is 4. The highest BCUT2D eigenvalue weighted by Crippen LogP contribution is 2.08. The second-order valence-electron chi connectivity index (χ2n) is 3.09. The van der Waals surface area contributed by atoms with Crippen molar-refractivity contribution < 1.29 is 9.90 Å². The first-order valence-corrected chi connectivity index (χ1v) is 4.64. The molecule has 2 nitrogen and oxygen atoms in total. The Kier molecular flexibility index (Phi) is 3.92. The van der Waals surface area contributed by atoms with Gasteiger partial charge in [-0.2, -0.15) is 0 Å². The van der Waals surface area contributed by atoms with Crippen LogP contribution in [-0.4, -0.2) is 5.97 Å². The Morgan fingerprint density at radius 2 is 2.00 bits per heavy atom. The lowest BCUT2D eigenvalue weighted by atomic mass is 10.0. The molecule has 0 heterocycles. The second-order valence-corrected chi connectivity index (χ2v) is 3.09. The molecule has 0 unspecified atom stereocenters. The highest BCUT2D eigenvalue weighted by molar-refractivity contribution is 5.84. The van der Waals surface area contributed by atoms with E-state index in [2.05, 4.69) is 0 Å². The molecule has 0 spiro atoms. The number of benzene rings is 1. The van der Waals surface area contributed by atoms with Gasteiger partial charge in [0.15, 0.2) is 0 Å². The van der Waals surface area contributed by atoms with E-state index in [4.69, 9.17) is 0 Å². The zero-order valence-electron chi connectivity index (χ0n) is 8.19. The molecule has 0 atom stereocenters. The van der Waals surface area contributed by atoms with Gasteiger partial charge in [0, 0.05) is 0 Å². The van der Waals surface area contributed by atoms with Gasteiger partial charge in [-0.05, 0) is 30.9 Å². The minimum atomic E-state index is -1.07. The number of aliphatic carboxylic acids is 1. The number of carboxylic acid groups (broad SMARTS) is 1. The van der Waals surface area contributed by atoms with Crippen molar-refractivity contribution in [3.63, 3.8) is 0 Å². The summed E-state index contributed by atoms with van der Waals surface area (Å²) in [6, 6.07) is 9.82. The van der Waals surface area contributed by atoms with Crippen LogP contribution in [0.3, 0.4) is 0 Å². The summed E-state index contributed by atoms with van der Waals surface area (Å²) in [5, 5.41) is 10.6. The third kappa shape index (κ3) is 3.05. The molecule has 14 heavy (non-hydrogen) atoms. The molecule has 0 fully saturated rings. The van der Waals surface area contributed by atoms with Gasteiger partial charge in [-0.3, -0.25) is 0 Å². The summed E-state index contributed by atoms with van der Waals surface area (Å²) in [4.78, 5) is 10.6. The molecular weight excluding hydrogens is 176 g/mol. The first-order chi connectivity index (χ1) is 6.74. The van der Waals surface area contributed by atoms with Gasteiger partial charge in [-0.1, -0.05) is 36.4 Å². The van der Waals surface area contributed by atoms with Crippen LogP contribution in [0.1, 0.15) is 18.9 Å². The van der Waals surface area contributed by atoms with Crippen molar-refractivity contribution in [3.05, 3.63) is 47.5 Å². The normalized spacial score (nSPS) is 11.4. The summed E-state index contributed by atoms with van der Waals surface area (Å²) in [5.74, 6) is -1.07. The largest absolute Gasteiger partial charge is 0.545 e. The minimum Gasteiger partial charge on any atom is -0.545 e. The molecule has 0 saturated carbocycles. The predicted octanol–water partition coefficient (Wildman–Crippen LogP) is 1.32. The van der Waals surface area contributed by atoms with Crippen LogP contribution in [0.15, 0.2) is 42.0 Å². The number of carboxylic acids is 1. The summed E-state index contributed by atoms with van der Waals surface area (Å²) in [6.45, 7) is 1.72.